The second-order valence-corrected chi connectivity index (χ2v) is 3.47. The van der Waals surface area contributed by atoms with Gasteiger partial charge in [-0.05, 0) is 6.92 Å². The average Bonchev–Trinajstić information content (AvgIpc) is 1.89. The fourth-order valence-electron chi connectivity index (χ4n) is 0.249. The molecule has 0 atom stereocenters. The van der Waals surface area contributed by atoms with Gasteiger partial charge in [0.25, 0.3) is 10.1 Å². The van der Waals surface area contributed by atoms with Crippen LogP contribution in [0.3, 0.4) is 0 Å². The molecule has 12 heavy (non-hydrogen) atoms. The fraction of sp³-hybridized carbons (Fsp3) is 1.00. The molecule has 0 heterocycles. The minimum absolute atomic E-state index is 0. The Kier molecular flexibility index (Phi) is 17.6. The van der Waals surface area contributed by atoms with Gasteiger partial charge in [-0.3, -0.25) is 0 Å². The molecule has 3 N–H and O–H groups in total. The predicted octanol–water partition coefficient (Wildman–Crippen LogP) is -6.95. The molecule has 0 aliphatic rings. The molecule has 0 aromatic heterocycles. The molecule has 0 bridgehead atoms. The van der Waals surface area contributed by atoms with E-state index in [4.69, 9.17) is 5.73 Å². The van der Waals surface area contributed by atoms with Gasteiger partial charge in [0.15, 0.2) is 0 Å². The molecular weight excluding hydrogens is 202 g/mol. The molecule has 0 spiro atoms. The molecule has 0 radical (unpaired) electrons. The van der Waals surface area contributed by atoms with E-state index in [1.54, 1.807) is 0 Å². The van der Waals surface area contributed by atoms with Gasteiger partial charge < -0.3 is 8.59 Å². The second kappa shape index (κ2) is 10.9. The number of hydrogen-bond acceptors (Lipinski definition) is 5. The van der Waals surface area contributed by atoms with E-state index in [2.05, 4.69) is 9.76 Å². The molecule has 0 amide bonds. The van der Waals surface area contributed by atoms with Crippen LogP contribution in [0.25, 0.3) is 0 Å². The van der Waals surface area contributed by atoms with E-state index in [1.165, 1.54) is 6.92 Å². The van der Waals surface area contributed by atoms with E-state index >= 15 is 0 Å². The maximum Gasteiger partial charge on any atom is 1.00 e. The molecule has 0 aromatic carbocycles. The Labute approximate surface area is 120 Å². The summed E-state index contributed by atoms with van der Waals surface area (Å²) in [5, 5.41) is 0. The Balaban J connectivity index is -0.0000000675. The first-order chi connectivity index (χ1) is 4.62. The van der Waals surface area contributed by atoms with Gasteiger partial charge in [0.05, 0.1) is 5.75 Å². The van der Waals surface area contributed by atoms with E-state index < -0.39 is 10.1 Å². The Hall–Kier alpha value is 1.83. The summed E-state index contributed by atoms with van der Waals surface area (Å²) in [6.45, 7) is 2.18. The summed E-state index contributed by atoms with van der Waals surface area (Å²) in [7, 11) is -3.36. The van der Waals surface area contributed by atoms with Gasteiger partial charge in [0.1, 0.15) is 0 Å². The molecule has 0 aliphatic heterocycles. The molecule has 0 fully saturated rings. The number of rotatable bonds is 5. The molecule has 0 aliphatic carbocycles. The molecule has 0 saturated heterocycles. The molecule has 0 saturated carbocycles. The zero-order valence-corrected chi connectivity index (χ0v) is 12.6. The summed E-state index contributed by atoms with van der Waals surface area (Å²) >= 11 is 0. The second-order valence-electron chi connectivity index (χ2n) is 1.61. The van der Waals surface area contributed by atoms with Crippen LogP contribution in [0.5, 0.6) is 0 Å². The number of hydrogen-bond donors (Lipinski definition) is 2. The van der Waals surface area contributed by atoms with Crippen molar-refractivity contribution in [1.82, 2.24) is 5.48 Å². The van der Waals surface area contributed by atoms with Crippen LogP contribution in [0.1, 0.15) is 9.78 Å². The van der Waals surface area contributed by atoms with Crippen LogP contribution in [0.15, 0.2) is 0 Å². The van der Waals surface area contributed by atoms with Crippen LogP contribution in [0, 0.1) is 0 Å². The summed E-state index contributed by atoms with van der Waals surface area (Å²) in [6.07, 6.45) is 0. The Bertz CT molecular complexity index is 181. The van der Waals surface area contributed by atoms with E-state index in [0.29, 0.717) is 13.1 Å². The van der Waals surface area contributed by atoms with Crippen molar-refractivity contribution in [3.05, 3.63) is 0 Å². The third kappa shape index (κ3) is 11.8. The Morgan fingerprint density at radius 1 is 1.50 bits per heavy atom. The van der Waals surface area contributed by atoms with Crippen molar-refractivity contribution in [1.29, 1.82) is 0 Å². The van der Waals surface area contributed by atoms with Crippen LogP contribution in [-0.4, -0.2) is 27.3 Å². The van der Waals surface area contributed by atoms with Gasteiger partial charge in [-0.25, -0.2) is 0 Å². The molecule has 0 rings (SSSR count). The first-order valence-corrected chi connectivity index (χ1v) is 4.54. The van der Waals surface area contributed by atoms with Crippen molar-refractivity contribution in [2.45, 2.75) is 6.92 Å². The van der Waals surface area contributed by atoms with Crippen molar-refractivity contribution < 1.29 is 74.7 Å². The molecule has 0 unspecified atom stereocenters. The standard InChI is InChI=1S/C4H12N2O3S.2Na.2H/c1-2-10(7,8)9-6-4-3-5;;;;/h6H,2-5H2,1H3;;;;/q;2*+1;2*-1. The quantitative estimate of drug-likeness (QED) is 0.271. The Morgan fingerprint density at radius 3 is 2.33 bits per heavy atom. The van der Waals surface area contributed by atoms with Gasteiger partial charge >= 0.3 is 59.1 Å². The number of hydroxylamine groups is 1. The van der Waals surface area contributed by atoms with Gasteiger partial charge in [-0.15, -0.1) is 0 Å². The fourth-order valence-corrected chi connectivity index (χ4v) is 0.630. The molecule has 5 nitrogen and oxygen atoms in total. The van der Waals surface area contributed by atoms with Crippen LogP contribution >= 0.6 is 0 Å². The Morgan fingerprint density at radius 2 is 2.00 bits per heavy atom. The summed E-state index contributed by atoms with van der Waals surface area (Å²) in [6, 6.07) is 0. The SMILES string of the molecule is CCS(=O)(=O)ONCCN.[H-].[H-].[Na+].[Na+]. The topological polar surface area (TPSA) is 81.4 Å². The molecule has 0 aromatic rings. The van der Waals surface area contributed by atoms with Crippen molar-refractivity contribution in [2.75, 3.05) is 18.8 Å². The van der Waals surface area contributed by atoms with E-state index in [1.807, 2.05) is 0 Å². The summed E-state index contributed by atoms with van der Waals surface area (Å²) in [4.78, 5) is 0. The summed E-state index contributed by atoms with van der Waals surface area (Å²) in [5.41, 5.74) is 7.28. The third-order valence-corrected chi connectivity index (χ3v) is 1.86. The first kappa shape index (κ1) is 19.4. The molecule has 66 valence electrons. The number of nitrogens with two attached hydrogens (primary N) is 1. The minimum Gasteiger partial charge on any atom is -1.00 e. The van der Waals surface area contributed by atoms with Crippen molar-refractivity contribution in [2.24, 2.45) is 5.73 Å². The van der Waals surface area contributed by atoms with Gasteiger partial charge in [-0.2, -0.15) is 18.2 Å². The monoisotopic (exact) mass is 216 g/mol. The van der Waals surface area contributed by atoms with Crippen LogP contribution < -0.4 is 70.3 Å². The van der Waals surface area contributed by atoms with Crippen LogP contribution in [-0.2, 0) is 14.4 Å². The normalized spacial score (nSPS) is 9.83. The summed E-state index contributed by atoms with van der Waals surface area (Å²) < 4.78 is 25.4. The van der Waals surface area contributed by atoms with E-state index in [9.17, 15) is 8.42 Å². The van der Waals surface area contributed by atoms with Crippen LogP contribution in [0.4, 0.5) is 0 Å². The average molecular weight is 216 g/mol. The van der Waals surface area contributed by atoms with Gasteiger partial charge in [0.2, 0.25) is 0 Å². The van der Waals surface area contributed by atoms with Gasteiger partial charge in [0, 0.05) is 13.1 Å². The predicted molar refractivity (Wildman–Crippen MR) is 39.8 cm³/mol. The van der Waals surface area contributed by atoms with Crippen LogP contribution in [0.2, 0.25) is 0 Å². The van der Waals surface area contributed by atoms with Crippen molar-refractivity contribution in [3.63, 3.8) is 0 Å². The zero-order valence-electron chi connectivity index (χ0n) is 9.83. The summed E-state index contributed by atoms with van der Waals surface area (Å²) in [5.74, 6) is -0.0371. The van der Waals surface area contributed by atoms with Crippen molar-refractivity contribution >= 4 is 10.1 Å². The molecule has 8 heteroatoms. The molecular formula is C4H14N2Na2O3S. The number of nitrogens with one attached hydrogen (secondary N) is 1. The van der Waals surface area contributed by atoms with Crippen molar-refractivity contribution in [3.8, 4) is 0 Å². The smallest absolute Gasteiger partial charge is 1.00 e. The first-order valence-electron chi connectivity index (χ1n) is 2.96. The minimum atomic E-state index is -3.36. The van der Waals surface area contributed by atoms with E-state index in [-0.39, 0.29) is 67.7 Å². The van der Waals surface area contributed by atoms with E-state index in [0.717, 1.165) is 0 Å². The maximum atomic E-state index is 10.5. The third-order valence-electron chi connectivity index (χ3n) is 0.786. The maximum absolute atomic E-state index is 10.5. The largest absolute Gasteiger partial charge is 1.00 e. The van der Waals surface area contributed by atoms with Gasteiger partial charge in [-0.1, -0.05) is 0 Å². The zero-order chi connectivity index (χ0) is 8.04.